The molecule has 0 radical (unpaired) electrons. The first-order chi connectivity index (χ1) is 10.2. The Morgan fingerprint density at radius 1 is 1.43 bits per heavy atom. The van der Waals surface area contributed by atoms with Gasteiger partial charge < -0.3 is 15.0 Å². The number of aromatic nitrogens is 1. The van der Waals surface area contributed by atoms with Crippen molar-refractivity contribution < 1.29 is 9.53 Å². The highest BCUT2D eigenvalue weighted by Crippen LogP contribution is 2.15. The van der Waals surface area contributed by atoms with E-state index in [1.807, 2.05) is 6.07 Å². The van der Waals surface area contributed by atoms with Crippen molar-refractivity contribution in [1.82, 2.24) is 9.88 Å². The van der Waals surface area contributed by atoms with Crippen molar-refractivity contribution in [3.8, 4) is 0 Å². The third-order valence-corrected chi connectivity index (χ3v) is 3.89. The van der Waals surface area contributed by atoms with Crippen LogP contribution in [-0.4, -0.2) is 48.6 Å². The second kappa shape index (κ2) is 7.98. The fraction of sp³-hybridized carbons (Fsp3) is 0.625. The van der Waals surface area contributed by atoms with E-state index >= 15 is 0 Å². The third kappa shape index (κ3) is 5.01. The number of nitrogens with one attached hydrogen (secondary N) is 1. The van der Waals surface area contributed by atoms with Crippen molar-refractivity contribution in [3.05, 3.63) is 23.9 Å². The lowest BCUT2D eigenvalue weighted by Crippen LogP contribution is -2.36. The summed E-state index contributed by atoms with van der Waals surface area (Å²) < 4.78 is 4.93. The molecule has 116 valence electrons. The number of pyridine rings is 1. The lowest BCUT2D eigenvalue weighted by Gasteiger charge is -2.30. The van der Waals surface area contributed by atoms with Crippen LogP contribution < -0.4 is 5.32 Å². The van der Waals surface area contributed by atoms with Crippen molar-refractivity contribution in [1.29, 1.82) is 0 Å². The normalized spacial score (nSPS) is 16.7. The van der Waals surface area contributed by atoms with Crippen LogP contribution in [0.15, 0.2) is 18.3 Å². The number of carbonyl (C=O) groups is 1. The summed E-state index contributed by atoms with van der Waals surface area (Å²) in [5.41, 5.74) is 0.493. The third-order valence-electron chi connectivity index (χ3n) is 3.89. The zero-order valence-corrected chi connectivity index (χ0v) is 13.0. The Balaban J connectivity index is 1.72. The number of hydrogen-bond acceptors (Lipinski definition) is 5. The molecule has 1 aromatic heterocycles. The van der Waals surface area contributed by atoms with Gasteiger partial charge in [-0.05, 0) is 50.9 Å². The molecule has 0 unspecified atom stereocenters. The number of esters is 1. The van der Waals surface area contributed by atoms with Crippen LogP contribution in [-0.2, 0) is 4.74 Å². The Hall–Kier alpha value is -1.62. The topological polar surface area (TPSA) is 54.5 Å². The minimum atomic E-state index is -0.320. The molecule has 0 bridgehead atoms. The zero-order valence-electron chi connectivity index (χ0n) is 13.0. The summed E-state index contributed by atoms with van der Waals surface area (Å²) in [6.07, 6.45) is 4.15. The average Bonchev–Trinajstić information content (AvgIpc) is 2.50. The maximum atomic E-state index is 11.5. The first kappa shape index (κ1) is 15.8. The molecule has 1 fully saturated rings. The van der Waals surface area contributed by atoms with Crippen LogP contribution in [0.3, 0.4) is 0 Å². The van der Waals surface area contributed by atoms with Gasteiger partial charge in [-0.3, -0.25) is 0 Å². The molecule has 0 spiro atoms. The minimum absolute atomic E-state index is 0.320. The fourth-order valence-corrected chi connectivity index (χ4v) is 2.46. The molecule has 21 heavy (non-hydrogen) atoms. The number of anilines is 1. The van der Waals surface area contributed by atoms with Gasteiger partial charge in [0.25, 0.3) is 0 Å². The summed E-state index contributed by atoms with van der Waals surface area (Å²) in [5, 5.41) is 3.30. The average molecular weight is 291 g/mol. The van der Waals surface area contributed by atoms with Gasteiger partial charge in [0.2, 0.25) is 0 Å². The molecule has 2 heterocycles. The fourth-order valence-electron chi connectivity index (χ4n) is 2.46. The number of ether oxygens (including phenoxy) is 1. The van der Waals surface area contributed by atoms with Crippen LogP contribution in [0, 0.1) is 5.92 Å². The Morgan fingerprint density at radius 2 is 2.19 bits per heavy atom. The van der Waals surface area contributed by atoms with Crippen LogP contribution >= 0.6 is 0 Å². The Labute approximate surface area is 126 Å². The Morgan fingerprint density at radius 3 is 2.81 bits per heavy atom. The summed E-state index contributed by atoms with van der Waals surface area (Å²) in [6, 6.07) is 3.57. The van der Waals surface area contributed by atoms with Crippen LogP contribution in [0.5, 0.6) is 0 Å². The lowest BCUT2D eigenvalue weighted by molar-refractivity contribution is 0.0526. The van der Waals surface area contributed by atoms with Crippen LogP contribution in [0.25, 0.3) is 0 Å². The molecule has 0 amide bonds. The predicted octanol–water partition coefficient (Wildman–Crippen LogP) is 2.40. The van der Waals surface area contributed by atoms with Gasteiger partial charge in [0.15, 0.2) is 0 Å². The van der Waals surface area contributed by atoms with E-state index in [-0.39, 0.29) is 5.97 Å². The van der Waals surface area contributed by atoms with Crippen LogP contribution in [0.1, 0.15) is 37.0 Å². The van der Waals surface area contributed by atoms with Crippen LogP contribution in [0.2, 0.25) is 0 Å². The Bertz CT molecular complexity index is 439. The maximum absolute atomic E-state index is 11.5. The quantitative estimate of drug-likeness (QED) is 0.816. The molecule has 5 heteroatoms. The van der Waals surface area contributed by atoms with Crippen LogP contribution in [0.4, 0.5) is 5.82 Å². The molecule has 0 saturated carbocycles. The van der Waals surface area contributed by atoms with Gasteiger partial charge in [-0.15, -0.1) is 0 Å². The molecule has 1 N–H and O–H groups in total. The van der Waals surface area contributed by atoms with Gasteiger partial charge in [-0.2, -0.15) is 0 Å². The number of nitrogens with zero attached hydrogens (tertiary/aromatic N) is 2. The summed E-state index contributed by atoms with van der Waals surface area (Å²) >= 11 is 0. The van der Waals surface area contributed by atoms with E-state index in [1.165, 1.54) is 25.9 Å². The molecule has 0 atom stereocenters. The molecular weight excluding hydrogens is 266 g/mol. The van der Waals surface area contributed by atoms with Gasteiger partial charge in [-0.25, -0.2) is 9.78 Å². The molecule has 1 aliphatic heterocycles. The number of piperidine rings is 1. The maximum Gasteiger partial charge on any atom is 0.339 e. The van der Waals surface area contributed by atoms with Gasteiger partial charge in [0.05, 0.1) is 12.2 Å². The van der Waals surface area contributed by atoms with Gasteiger partial charge >= 0.3 is 5.97 Å². The molecule has 1 saturated heterocycles. The number of rotatable bonds is 6. The Kier molecular flexibility index (Phi) is 5.99. The van der Waals surface area contributed by atoms with E-state index < -0.39 is 0 Å². The number of carbonyl (C=O) groups excluding carboxylic acids is 1. The minimum Gasteiger partial charge on any atom is -0.462 e. The van der Waals surface area contributed by atoms with Gasteiger partial charge in [0, 0.05) is 19.3 Å². The first-order valence-electron chi connectivity index (χ1n) is 7.78. The highest BCUT2D eigenvalue weighted by atomic mass is 16.5. The first-order valence-corrected chi connectivity index (χ1v) is 7.78. The van der Waals surface area contributed by atoms with Crippen molar-refractivity contribution in [2.24, 2.45) is 5.92 Å². The van der Waals surface area contributed by atoms with E-state index in [0.29, 0.717) is 12.2 Å². The molecule has 0 aromatic carbocycles. The summed E-state index contributed by atoms with van der Waals surface area (Å²) in [4.78, 5) is 18.2. The molecule has 1 aromatic rings. The highest BCUT2D eigenvalue weighted by molar-refractivity contribution is 5.89. The zero-order chi connectivity index (χ0) is 15.1. The standard InChI is InChI=1S/C16H25N3O2/c1-3-21-16(20)14-4-5-15(18-12-14)17-8-11-19-9-6-13(2)7-10-19/h4-5,12-13H,3,6-11H2,1-2H3,(H,17,18). The number of likely N-dealkylation sites (tertiary alicyclic amines) is 1. The van der Waals surface area contributed by atoms with Gasteiger partial charge in [0.1, 0.15) is 5.82 Å². The van der Waals surface area contributed by atoms with Crippen molar-refractivity contribution in [2.75, 3.05) is 38.1 Å². The number of hydrogen-bond donors (Lipinski definition) is 1. The monoisotopic (exact) mass is 291 g/mol. The predicted molar refractivity (Wildman–Crippen MR) is 83.5 cm³/mol. The second-order valence-corrected chi connectivity index (χ2v) is 5.60. The smallest absolute Gasteiger partial charge is 0.339 e. The summed E-state index contributed by atoms with van der Waals surface area (Å²) in [5.74, 6) is 1.35. The highest BCUT2D eigenvalue weighted by Gasteiger charge is 2.14. The molecule has 5 nitrogen and oxygen atoms in total. The second-order valence-electron chi connectivity index (χ2n) is 5.60. The van der Waals surface area contributed by atoms with E-state index in [9.17, 15) is 4.79 Å². The van der Waals surface area contributed by atoms with E-state index in [4.69, 9.17) is 4.74 Å². The van der Waals surface area contributed by atoms with Crippen molar-refractivity contribution in [2.45, 2.75) is 26.7 Å². The van der Waals surface area contributed by atoms with E-state index in [0.717, 1.165) is 24.8 Å². The molecule has 2 rings (SSSR count). The summed E-state index contributed by atoms with van der Waals surface area (Å²) in [7, 11) is 0. The van der Waals surface area contributed by atoms with E-state index in [2.05, 4.69) is 22.1 Å². The van der Waals surface area contributed by atoms with E-state index in [1.54, 1.807) is 19.2 Å². The molecule has 0 aliphatic carbocycles. The van der Waals surface area contributed by atoms with Crippen molar-refractivity contribution in [3.63, 3.8) is 0 Å². The SMILES string of the molecule is CCOC(=O)c1ccc(NCCN2CCC(C)CC2)nc1. The van der Waals surface area contributed by atoms with Crippen molar-refractivity contribution >= 4 is 11.8 Å². The molecular formula is C16H25N3O2. The summed E-state index contributed by atoms with van der Waals surface area (Å²) in [6.45, 7) is 8.80. The molecule has 1 aliphatic rings. The lowest BCUT2D eigenvalue weighted by atomic mass is 9.99. The largest absolute Gasteiger partial charge is 0.462 e. The van der Waals surface area contributed by atoms with Gasteiger partial charge in [-0.1, -0.05) is 6.92 Å².